The molecule has 0 saturated heterocycles. The second kappa shape index (κ2) is 6.26. The van der Waals surface area contributed by atoms with Crippen molar-refractivity contribution in [1.29, 1.82) is 0 Å². The highest BCUT2D eigenvalue weighted by Gasteiger charge is 2.13. The molecule has 0 aliphatic carbocycles. The Morgan fingerprint density at radius 2 is 1.86 bits per heavy atom. The molecule has 6 heteroatoms. The predicted molar refractivity (Wildman–Crippen MR) is 82.3 cm³/mol. The number of hydrogen-bond donors (Lipinski definition) is 1. The summed E-state index contributed by atoms with van der Waals surface area (Å²) in [5, 5.41) is 7.32. The summed E-state index contributed by atoms with van der Waals surface area (Å²) >= 11 is 6.10. The Balaban J connectivity index is 2.26. The summed E-state index contributed by atoms with van der Waals surface area (Å²) in [5.41, 5.74) is 1.03. The number of aromatic nitrogens is 2. The molecule has 2 rings (SSSR count). The molecule has 0 spiro atoms. The molecule has 1 aromatic heterocycles. The molecule has 1 heterocycles. The van der Waals surface area contributed by atoms with Crippen LogP contribution in [0.2, 0.25) is 5.02 Å². The molecule has 4 nitrogen and oxygen atoms in total. The number of rotatable bonds is 4. The summed E-state index contributed by atoms with van der Waals surface area (Å²) < 4.78 is 14.2. The SMILES string of the molecule is CC(Nc1cnn(C(C)C)c(=O)c1Cl)c1ccc(F)cc1. The molecular formula is C15H17ClFN3O. The van der Waals surface area contributed by atoms with Crippen LogP contribution < -0.4 is 10.9 Å². The van der Waals surface area contributed by atoms with Crippen molar-refractivity contribution in [2.24, 2.45) is 0 Å². The minimum atomic E-state index is -0.331. The summed E-state index contributed by atoms with van der Waals surface area (Å²) in [5.74, 6) is -0.287. The molecule has 0 aliphatic heterocycles. The van der Waals surface area contributed by atoms with Crippen molar-refractivity contribution in [2.45, 2.75) is 32.9 Å². The van der Waals surface area contributed by atoms with Crippen molar-refractivity contribution >= 4 is 17.3 Å². The van der Waals surface area contributed by atoms with Crippen LogP contribution in [0.25, 0.3) is 0 Å². The fourth-order valence-corrected chi connectivity index (χ4v) is 2.17. The summed E-state index contributed by atoms with van der Waals surface area (Å²) in [6.07, 6.45) is 1.53. The molecule has 0 fully saturated rings. The van der Waals surface area contributed by atoms with Crippen LogP contribution in [0.5, 0.6) is 0 Å². The number of hydrogen-bond acceptors (Lipinski definition) is 3. The number of benzene rings is 1. The molecule has 21 heavy (non-hydrogen) atoms. The summed E-state index contributed by atoms with van der Waals surface area (Å²) in [7, 11) is 0. The van der Waals surface area contributed by atoms with Gasteiger partial charge in [0.2, 0.25) is 0 Å². The molecule has 0 aliphatic rings. The van der Waals surface area contributed by atoms with Crippen LogP contribution >= 0.6 is 11.6 Å². The summed E-state index contributed by atoms with van der Waals surface area (Å²) in [6.45, 7) is 5.62. The maximum atomic E-state index is 12.9. The van der Waals surface area contributed by atoms with Crippen LogP contribution in [0.3, 0.4) is 0 Å². The fraction of sp³-hybridized carbons (Fsp3) is 0.333. The third-order valence-corrected chi connectivity index (χ3v) is 3.54. The quantitative estimate of drug-likeness (QED) is 0.934. The molecule has 0 amide bonds. The highest BCUT2D eigenvalue weighted by Crippen LogP contribution is 2.23. The van der Waals surface area contributed by atoms with Crippen LogP contribution in [0.4, 0.5) is 10.1 Å². The smallest absolute Gasteiger partial charge is 0.287 e. The highest BCUT2D eigenvalue weighted by molar-refractivity contribution is 6.32. The lowest BCUT2D eigenvalue weighted by molar-refractivity contribution is 0.503. The van der Waals surface area contributed by atoms with E-state index in [1.165, 1.54) is 23.0 Å². The normalized spacial score (nSPS) is 12.5. The second-order valence-corrected chi connectivity index (χ2v) is 5.51. The van der Waals surface area contributed by atoms with E-state index < -0.39 is 0 Å². The molecule has 1 N–H and O–H groups in total. The van der Waals surface area contributed by atoms with E-state index in [2.05, 4.69) is 10.4 Å². The van der Waals surface area contributed by atoms with Gasteiger partial charge in [-0.1, -0.05) is 23.7 Å². The zero-order valence-corrected chi connectivity index (χ0v) is 12.9. The van der Waals surface area contributed by atoms with E-state index >= 15 is 0 Å². The van der Waals surface area contributed by atoms with Gasteiger partial charge in [0.1, 0.15) is 10.8 Å². The molecule has 0 bridgehead atoms. The third kappa shape index (κ3) is 3.42. The van der Waals surface area contributed by atoms with Gasteiger partial charge in [0.25, 0.3) is 5.56 Å². The van der Waals surface area contributed by atoms with Crippen LogP contribution in [0.15, 0.2) is 35.3 Å². The zero-order chi connectivity index (χ0) is 15.6. The van der Waals surface area contributed by atoms with E-state index in [4.69, 9.17) is 11.6 Å². The lowest BCUT2D eigenvalue weighted by Crippen LogP contribution is -2.26. The average molecular weight is 310 g/mol. The number of anilines is 1. The largest absolute Gasteiger partial charge is 0.376 e. The molecule has 2 aromatic rings. The maximum Gasteiger partial charge on any atom is 0.287 e. The van der Waals surface area contributed by atoms with Crippen molar-refractivity contribution in [1.82, 2.24) is 9.78 Å². The molecule has 1 aromatic carbocycles. The Bertz CT molecular complexity index is 682. The van der Waals surface area contributed by atoms with E-state index in [-0.39, 0.29) is 28.5 Å². The molecule has 1 unspecified atom stereocenters. The van der Waals surface area contributed by atoms with Gasteiger partial charge in [-0.15, -0.1) is 0 Å². The van der Waals surface area contributed by atoms with Gasteiger partial charge in [-0.05, 0) is 38.5 Å². The molecule has 112 valence electrons. The van der Waals surface area contributed by atoms with Crippen molar-refractivity contribution in [2.75, 3.05) is 5.32 Å². The van der Waals surface area contributed by atoms with Gasteiger partial charge in [-0.25, -0.2) is 9.07 Å². The Hall–Kier alpha value is -1.88. The monoisotopic (exact) mass is 309 g/mol. The average Bonchev–Trinajstić information content (AvgIpc) is 2.44. The fourth-order valence-electron chi connectivity index (χ4n) is 1.98. The van der Waals surface area contributed by atoms with Gasteiger partial charge < -0.3 is 5.32 Å². The predicted octanol–water partition coefficient (Wildman–Crippen LogP) is 3.79. The topological polar surface area (TPSA) is 46.9 Å². The lowest BCUT2D eigenvalue weighted by atomic mass is 10.1. The standard InChI is InChI=1S/C15H17ClFN3O/c1-9(2)20-15(21)14(16)13(8-18-20)19-10(3)11-4-6-12(17)7-5-11/h4-10,19H,1-3H3. The van der Waals surface area contributed by atoms with Gasteiger partial charge in [-0.2, -0.15) is 5.10 Å². The van der Waals surface area contributed by atoms with Crippen molar-refractivity contribution in [3.05, 3.63) is 57.2 Å². The number of nitrogens with one attached hydrogen (secondary N) is 1. The molecule has 0 radical (unpaired) electrons. The van der Waals surface area contributed by atoms with E-state index in [1.54, 1.807) is 12.1 Å². The Kier molecular flexibility index (Phi) is 4.63. The lowest BCUT2D eigenvalue weighted by Gasteiger charge is -2.17. The van der Waals surface area contributed by atoms with Gasteiger partial charge in [0, 0.05) is 6.04 Å². The minimum absolute atomic E-state index is 0.0569. The van der Waals surface area contributed by atoms with Crippen LogP contribution in [-0.4, -0.2) is 9.78 Å². The molecule has 0 saturated carbocycles. The second-order valence-electron chi connectivity index (χ2n) is 5.13. The summed E-state index contributed by atoms with van der Waals surface area (Å²) in [6, 6.07) is 5.97. The molecular weight excluding hydrogens is 293 g/mol. The first kappa shape index (κ1) is 15.5. The first-order chi connectivity index (χ1) is 9.90. The highest BCUT2D eigenvalue weighted by atomic mass is 35.5. The first-order valence-electron chi connectivity index (χ1n) is 6.69. The van der Waals surface area contributed by atoms with Crippen molar-refractivity contribution in [3.63, 3.8) is 0 Å². The summed E-state index contributed by atoms with van der Waals surface area (Å²) in [4.78, 5) is 12.1. The van der Waals surface area contributed by atoms with E-state index in [0.717, 1.165) is 5.56 Å². The molecule has 1 atom stereocenters. The third-order valence-electron chi connectivity index (χ3n) is 3.17. The van der Waals surface area contributed by atoms with Gasteiger partial charge in [-0.3, -0.25) is 4.79 Å². The minimum Gasteiger partial charge on any atom is -0.376 e. The Morgan fingerprint density at radius 3 is 2.43 bits per heavy atom. The van der Waals surface area contributed by atoms with Gasteiger partial charge in [0.15, 0.2) is 0 Å². The van der Waals surface area contributed by atoms with Gasteiger partial charge in [0.05, 0.1) is 17.9 Å². The van der Waals surface area contributed by atoms with Crippen LogP contribution in [-0.2, 0) is 0 Å². The van der Waals surface area contributed by atoms with Crippen LogP contribution in [0.1, 0.15) is 38.4 Å². The van der Waals surface area contributed by atoms with Crippen molar-refractivity contribution in [3.8, 4) is 0 Å². The maximum absolute atomic E-state index is 12.9. The Labute approximate surface area is 127 Å². The van der Waals surface area contributed by atoms with E-state index in [1.807, 2.05) is 20.8 Å². The van der Waals surface area contributed by atoms with E-state index in [9.17, 15) is 9.18 Å². The Morgan fingerprint density at radius 1 is 1.24 bits per heavy atom. The van der Waals surface area contributed by atoms with Gasteiger partial charge >= 0.3 is 0 Å². The zero-order valence-electron chi connectivity index (χ0n) is 12.1. The first-order valence-corrected chi connectivity index (χ1v) is 7.07. The van der Waals surface area contributed by atoms with E-state index in [0.29, 0.717) is 5.69 Å². The number of nitrogens with zero attached hydrogens (tertiary/aromatic N) is 2. The number of halogens is 2. The van der Waals surface area contributed by atoms with Crippen LogP contribution in [0, 0.1) is 5.82 Å². The van der Waals surface area contributed by atoms with Crippen molar-refractivity contribution < 1.29 is 4.39 Å².